The highest BCUT2D eigenvalue weighted by molar-refractivity contribution is 5.87. The zero-order valence-corrected chi connectivity index (χ0v) is 19.1. The third kappa shape index (κ3) is 6.15. The van der Waals surface area contributed by atoms with Gasteiger partial charge >= 0.3 is 0 Å². The van der Waals surface area contributed by atoms with Crippen molar-refractivity contribution in [2.24, 2.45) is 0 Å². The van der Waals surface area contributed by atoms with E-state index in [-0.39, 0.29) is 11.8 Å². The first kappa shape index (κ1) is 23.4. The molecule has 2 aromatic carbocycles. The lowest BCUT2D eigenvalue weighted by atomic mass is 10.1. The Morgan fingerprint density at radius 3 is 2.31 bits per heavy atom. The fourth-order valence-corrected chi connectivity index (χ4v) is 3.80. The third-order valence-electron chi connectivity index (χ3n) is 5.60. The molecule has 0 spiro atoms. The summed E-state index contributed by atoms with van der Waals surface area (Å²) >= 11 is 0. The largest absolute Gasteiger partial charge is 0.497 e. The van der Waals surface area contributed by atoms with Crippen LogP contribution in [-0.4, -0.2) is 43.5 Å². The van der Waals surface area contributed by atoms with Gasteiger partial charge < -0.3 is 24.4 Å². The smallest absolute Gasteiger partial charge is 0.242 e. The second-order valence-corrected chi connectivity index (χ2v) is 7.83. The topological polar surface area (TPSA) is 77.1 Å². The maximum Gasteiger partial charge on any atom is 0.242 e. The number of rotatable bonds is 9. The number of nitrogens with zero attached hydrogens (tertiary/aromatic N) is 1. The van der Waals surface area contributed by atoms with Crippen LogP contribution in [0.3, 0.4) is 0 Å². The standard InChI is InChI=1S/C25H32N2O5/c1-4-24(28)27(23-7-5-6-12-26-25(23)29)16-18-8-10-20(11-9-18)32-17-19-13-21(30-2)15-22(14-19)31-3/h8-11,13-15,23H,4-7,12,16-17H2,1-3H3,(H,26,29)/t23-/m0/s1. The summed E-state index contributed by atoms with van der Waals surface area (Å²) in [5.41, 5.74) is 1.89. The molecule has 1 N–H and O–H groups in total. The minimum Gasteiger partial charge on any atom is -0.497 e. The maximum atomic E-state index is 12.6. The molecule has 172 valence electrons. The van der Waals surface area contributed by atoms with Gasteiger partial charge in [0.05, 0.1) is 14.2 Å². The van der Waals surface area contributed by atoms with Gasteiger partial charge in [0.2, 0.25) is 11.8 Å². The molecule has 0 bridgehead atoms. The van der Waals surface area contributed by atoms with Crippen LogP contribution in [0.25, 0.3) is 0 Å². The molecule has 1 aliphatic rings. The normalized spacial score (nSPS) is 16.0. The lowest BCUT2D eigenvalue weighted by molar-refractivity contribution is -0.141. The summed E-state index contributed by atoms with van der Waals surface area (Å²) in [5.74, 6) is 2.07. The van der Waals surface area contributed by atoms with E-state index in [0.29, 0.717) is 44.0 Å². The monoisotopic (exact) mass is 440 g/mol. The van der Waals surface area contributed by atoms with Crippen molar-refractivity contribution < 1.29 is 23.8 Å². The number of hydrogen-bond acceptors (Lipinski definition) is 5. The highest BCUT2D eigenvalue weighted by Gasteiger charge is 2.30. The van der Waals surface area contributed by atoms with E-state index >= 15 is 0 Å². The lowest BCUT2D eigenvalue weighted by Gasteiger charge is -2.30. The Morgan fingerprint density at radius 2 is 1.69 bits per heavy atom. The zero-order valence-electron chi connectivity index (χ0n) is 19.1. The molecule has 2 aromatic rings. The first-order chi connectivity index (χ1) is 15.5. The van der Waals surface area contributed by atoms with Crippen molar-refractivity contribution in [3.8, 4) is 17.2 Å². The average Bonchev–Trinajstić information content (AvgIpc) is 3.05. The molecule has 7 heteroatoms. The number of methoxy groups -OCH3 is 2. The summed E-state index contributed by atoms with van der Waals surface area (Å²) in [7, 11) is 3.23. The van der Waals surface area contributed by atoms with Gasteiger partial charge in [-0.2, -0.15) is 0 Å². The average molecular weight is 441 g/mol. The van der Waals surface area contributed by atoms with Gasteiger partial charge in [0.15, 0.2) is 0 Å². The van der Waals surface area contributed by atoms with Crippen LogP contribution in [0.1, 0.15) is 43.7 Å². The molecule has 0 aromatic heterocycles. The van der Waals surface area contributed by atoms with Crippen molar-refractivity contribution in [2.45, 2.75) is 51.8 Å². The van der Waals surface area contributed by atoms with Crippen molar-refractivity contribution in [1.82, 2.24) is 10.2 Å². The molecule has 0 radical (unpaired) electrons. The van der Waals surface area contributed by atoms with E-state index in [1.165, 1.54) is 0 Å². The van der Waals surface area contributed by atoms with E-state index in [2.05, 4.69) is 5.32 Å². The number of nitrogens with one attached hydrogen (secondary N) is 1. The third-order valence-corrected chi connectivity index (χ3v) is 5.60. The summed E-state index contributed by atoms with van der Waals surface area (Å²) in [6.45, 7) is 3.27. The predicted molar refractivity (Wildman–Crippen MR) is 122 cm³/mol. The van der Waals surface area contributed by atoms with E-state index in [1.54, 1.807) is 19.1 Å². The number of benzene rings is 2. The van der Waals surface area contributed by atoms with Gasteiger partial charge in [-0.15, -0.1) is 0 Å². The van der Waals surface area contributed by atoms with Crippen LogP contribution >= 0.6 is 0 Å². The Kier molecular flexibility index (Phi) is 8.36. The second kappa shape index (κ2) is 11.4. The highest BCUT2D eigenvalue weighted by atomic mass is 16.5. The van der Waals surface area contributed by atoms with Crippen LogP contribution in [-0.2, 0) is 22.7 Å². The van der Waals surface area contributed by atoms with Crippen LogP contribution in [0.15, 0.2) is 42.5 Å². The Bertz CT molecular complexity index is 891. The van der Waals surface area contributed by atoms with Gasteiger partial charge in [-0.3, -0.25) is 9.59 Å². The van der Waals surface area contributed by atoms with Crippen molar-refractivity contribution in [2.75, 3.05) is 20.8 Å². The molecular weight excluding hydrogens is 408 g/mol. The van der Waals surface area contributed by atoms with Crippen LogP contribution in [0.4, 0.5) is 0 Å². The summed E-state index contributed by atoms with van der Waals surface area (Å²) in [6.07, 6.45) is 2.94. The number of ether oxygens (including phenoxy) is 3. The first-order valence-electron chi connectivity index (χ1n) is 11.0. The molecule has 1 aliphatic heterocycles. The molecule has 1 saturated heterocycles. The molecule has 32 heavy (non-hydrogen) atoms. The first-order valence-corrected chi connectivity index (χ1v) is 11.0. The van der Waals surface area contributed by atoms with Crippen LogP contribution in [0.2, 0.25) is 0 Å². The molecule has 1 fully saturated rings. The molecular formula is C25H32N2O5. The van der Waals surface area contributed by atoms with Crippen LogP contribution < -0.4 is 19.5 Å². The SMILES string of the molecule is CCC(=O)N(Cc1ccc(OCc2cc(OC)cc(OC)c2)cc1)[C@H]1CCCCNC1=O. The molecule has 3 rings (SSSR count). The highest BCUT2D eigenvalue weighted by Crippen LogP contribution is 2.24. The van der Waals surface area contributed by atoms with Gasteiger partial charge in [-0.1, -0.05) is 19.1 Å². The number of amides is 2. The van der Waals surface area contributed by atoms with Gasteiger partial charge in [0.1, 0.15) is 29.9 Å². The van der Waals surface area contributed by atoms with E-state index in [4.69, 9.17) is 14.2 Å². The fourth-order valence-electron chi connectivity index (χ4n) is 3.80. The minimum atomic E-state index is -0.413. The summed E-state index contributed by atoms with van der Waals surface area (Å²) < 4.78 is 16.5. The molecule has 0 aliphatic carbocycles. The van der Waals surface area contributed by atoms with Crippen molar-refractivity contribution in [3.05, 3.63) is 53.6 Å². The molecule has 2 amide bonds. The number of carbonyl (C=O) groups excluding carboxylic acids is 2. The maximum absolute atomic E-state index is 12.6. The Balaban J connectivity index is 1.66. The van der Waals surface area contributed by atoms with Gasteiger partial charge in [-0.25, -0.2) is 0 Å². The lowest BCUT2D eigenvalue weighted by Crippen LogP contribution is -2.48. The van der Waals surface area contributed by atoms with Gasteiger partial charge in [-0.05, 0) is 54.7 Å². The molecule has 0 saturated carbocycles. The van der Waals surface area contributed by atoms with Crippen molar-refractivity contribution >= 4 is 11.8 Å². The minimum absolute atomic E-state index is 0.0145. The Labute approximate surface area is 189 Å². The quantitative estimate of drug-likeness (QED) is 0.644. The van der Waals surface area contributed by atoms with E-state index < -0.39 is 6.04 Å². The molecule has 1 atom stereocenters. The molecule has 0 unspecified atom stereocenters. The van der Waals surface area contributed by atoms with E-state index in [9.17, 15) is 9.59 Å². The zero-order chi connectivity index (χ0) is 22.9. The van der Waals surface area contributed by atoms with Crippen molar-refractivity contribution in [3.63, 3.8) is 0 Å². The summed E-state index contributed by atoms with van der Waals surface area (Å²) in [5, 5.41) is 2.93. The summed E-state index contributed by atoms with van der Waals surface area (Å²) in [6, 6.07) is 12.9. The number of hydrogen-bond donors (Lipinski definition) is 1. The van der Waals surface area contributed by atoms with E-state index in [1.807, 2.05) is 49.4 Å². The second-order valence-electron chi connectivity index (χ2n) is 7.83. The van der Waals surface area contributed by atoms with Crippen LogP contribution in [0, 0.1) is 0 Å². The fraction of sp³-hybridized carbons (Fsp3) is 0.440. The summed E-state index contributed by atoms with van der Waals surface area (Å²) in [4.78, 5) is 26.8. The number of carbonyl (C=O) groups is 2. The Morgan fingerprint density at radius 1 is 1.00 bits per heavy atom. The molecule has 7 nitrogen and oxygen atoms in total. The van der Waals surface area contributed by atoms with Gasteiger partial charge in [0.25, 0.3) is 0 Å². The predicted octanol–water partition coefficient (Wildman–Crippen LogP) is 3.69. The van der Waals surface area contributed by atoms with Crippen LogP contribution in [0.5, 0.6) is 17.2 Å². The van der Waals surface area contributed by atoms with Gasteiger partial charge in [0, 0.05) is 25.6 Å². The van der Waals surface area contributed by atoms with Crippen molar-refractivity contribution in [1.29, 1.82) is 0 Å². The Hall–Kier alpha value is -3.22. The molecule has 1 heterocycles. The van der Waals surface area contributed by atoms with E-state index in [0.717, 1.165) is 29.7 Å².